The molecule has 0 radical (unpaired) electrons. The summed E-state index contributed by atoms with van der Waals surface area (Å²) in [6.45, 7) is 5.91. The van der Waals surface area contributed by atoms with Crippen molar-refractivity contribution in [3.05, 3.63) is 83.0 Å². The number of rotatable bonds is 7. The number of aromatic hydroxyl groups is 1. The maximum absolute atomic E-state index is 13.1. The van der Waals surface area contributed by atoms with Gasteiger partial charge in [0.15, 0.2) is 5.78 Å². The zero-order valence-corrected chi connectivity index (χ0v) is 17.2. The SMILES string of the molecule is CCOC(=O)c1cc(C(=O)c2cc(C(C)C)ccc2O)cnc1Nc1ccccc1. The summed E-state index contributed by atoms with van der Waals surface area (Å²) in [5.74, 6) is -0.634. The topological polar surface area (TPSA) is 88.5 Å². The average Bonchev–Trinajstić information content (AvgIpc) is 2.74. The fourth-order valence-corrected chi connectivity index (χ4v) is 2.96. The zero-order chi connectivity index (χ0) is 21.7. The van der Waals surface area contributed by atoms with Crippen LogP contribution >= 0.6 is 0 Å². The first-order valence-electron chi connectivity index (χ1n) is 9.77. The number of benzene rings is 2. The van der Waals surface area contributed by atoms with E-state index < -0.39 is 11.8 Å². The molecule has 0 aliphatic rings. The number of hydrogen-bond acceptors (Lipinski definition) is 6. The summed E-state index contributed by atoms with van der Waals surface area (Å²) in [6, 6.07) is 15.7. The minimum Gasteiger partial charge on any atom is -0.507 e. The predicted molar refractivity (Wildman–Crippen MR) is 116 cm³/mol. The molecular formula is C24H24N2O4. The molecule has 0 saturated heterocycles. The van der Waals surface area contributed by atoms with Crippen molar-refractivity contribution < 1.29 is 19.4 Å². The molecule has 3 rings (SSSR count). The van der Waals surface area contributed by atoms with Crippen LogP contribution in [-0.2, 0) is 4.74 Å². The van der Waals surface area contributed by atoms with E-state index in [9.17, 15) is 14.7 Å². The molecule has 0 atom stereocenters. The summed E-state index contributed by atoms with van der Waals surface area (Å²) in [5, 5.41) is 13.3. The van der Waals surface area contributed by atoms with Gasteiger partial charge in [-0.2, -0.15) is 0 Å². The standard InChI is InChI=1S/C24H24N2O4/c1-4-30-24(29)20-13-17(14-25-23(20)26-18-8-6-5-7-9-18)22(28)19-12-16(15(2)3)10-11-21(19)27/h5-15,27H,4H2,1-3H3,(H,25,26). The van der Waals surface area contributed by atoms with Crippen LogP contribution in [0.25, 0.3) is 0 Å². The molecular weight excluding hydrogens is 380 g/mol. The van der Waals surface area contributed by atoms with Crippen LogP contribution in [0.15, 0.2) is 60.8 Å². The first-order chi connectivity index (χ1) is 14.4. The second kappa shape index (κ2) is 9.22. The second-order valence-electron chi connectivity index (χ2n) is 7.09. The average molecular weight is 404 g/mol. The Labute approximate surface area is 175 Å². The van der Waals surface area contributed by atoms with Crippen LogP contribution in [0.3, 0.4) is 0 Å². The zero-order valence-electron chi connectivity index (χ0n) is 17.2. The third-order valence-corrected chi connectivity index (χ3v) is 4.61. The van der Waals surface area contributed by atoms with E-state index in [0.29, 0.717) is 0 Å². The van der Waals surface area contributed by atoms with Gasteiger partial charge in [0.05, 0.1) is 12.2 Å². The number of ketones is 1. The molecule has 0 aliphatic carbocycles. The number of carbonyl (C=O) groups excluding carboxylic acids is 2. The fourth-order valence-electron chi connectivity index (χ4n) is 2.96. The molecule has 0 aliphatic heterocycles. The summed E-state index contributed by atoms with van der Waals surface area (Å²) in [6.07, 6.45) is 1.39. The number of phenols is 1. The van der Waals surface area contributed by atoms with Crippen molar-refractivity contribution >= 4 is 23.3 Å². The quantitative estimate of drug-likeness (QED) is 0.423. The van der Waals surface area contributed by atoms with Crippen LogP contribution in [0.1, 0.15) is 58.5 Å². The minimum atomic E-state index is -0.585. The Kier molecular flexibility index (Phi) is 6.47. The van der Waals surface area contributed by atoms with E-state index in [2.05, 4.69) is 10.3 Å². The Morgan fingerprint density at radius 3 is 2.47 bits per heavy atom. The fraction of sp³-hybridized carbons (Fsp3) is 0.208. The predicted octanol–water partition coefficient (Wildman–Crippen LogP) is 5.06. The molecule has 1 heterocycles. The van der Waals surface area contributed by atoms with E-state index in [4.69, 9.17) is 4.74 Å². The van der Waals surface area contributed by atoms with Crippen LogP contribution in [0.2, 0.25) is 0 Å². The second-order valence-corrected chi connectivity index (χ2v) is 7.09. The Morgan fingerprint density at radius 1 is 1.07 bits per heavy atom. The molecule has 0 fully saturated rings. The highest BCUT2D eigenvalue weighted by Gasteiger charge is 2.21. The molecule has 0 amide bonds. The molecule has 1 aromatic heterocycles. The largest absolute Gasteiger partial charge is 0.507 e. The Morgan fingerprint density at radius 2 is 1.80 bits per heavy atom. The lowest BCUT2D eigenvalue weighted by molar-refractivity contribution is 0.0527. The van der Waals surface area contributed by atoms with Gasteiger partial charge in [0.25, 0.3) is 0 Å². The number of anilines is 2. The van der Waals surface area contributed by atoms with E-state index >= 15 is 0 Å². The Balaban J connectivity index is 2.02. The molecule has 0 saturated carbocycles. The molecule has 30 heavy (non-hydrogen) atoms. The van der Waals surface area contributed by atoms with Crippen molar-refractivity contribution in [2.45, 2.75) is 26.7 Å². The lowest BCUT2D eigenvalue weighted by Gasteiger charge is -2.13. The Bertz CT molecular complexity index is 1060. The molecule has 6 nitrogen and oxygen atoms in total. The summed E-state index contributed by atoms with van der Waals surface area (Å²) >= 11 is 0. The summed E-state index contributed by atoms with van der Waals surface area (Å²) in [5.41, 5.74) is 2.18. The highest BCUT2D eigenvalue weighted by Crippen LogP contribution is 2.27. The number of nitrogens with zero attached hydrogens (tertiary/aromatic N) is 1. The molecule has 2 aromatic carbocycles. The van der Waals surface area contributed by atoms with Gasteiger partial charge in [-0.3, -0.25) is 4.79 Å². The van der Waals surface area contributed by atoms with Gasteiger partial charge in [0.1, 0.15) is 17.1 Å². The molecule has 6 heteroatoms. The van der Waals surface area contributed by atoms with Crippen molar-refractivity contribution in [3.8, 4) is 5.75 Å². The van der Waals surface area contributed by atoms with Crippen molar-refractivity contribution in [2.75, 3.05) is 11.9 Å². The van der Waals surface area contributed by atoms with E-state index in [1.807, 2.05) is 44.2 Å². The number of carbonyl (C=O) groups is 2. The van der Waals surface area contributed by atoms with Gasteiger partial charge in [0.2, 0.25) is 0 Å². The van der Waals surface area contributed by atoms with Gasteiger partial charge in [-0.25, -0.2) is 9.78 Å². The van der Waals surface area contributed by atoms with E-state index in [1.54, 1.807) is 19.1 Å². The third-order valence-electron chi connectivity index (χ3n) is 4.61. The van der Waals surface area contributed by atoms with Gasteiger partial charge in [-0.1, -0.05) is 38.1 Å². The monoisotopic (exact) mass is 404 g/mol. The number of ether oxygens (including phenoxy) is 1. The first-order valence-corrected chi connectivity index (χ1v) is 9.77. The van der Waals surface area contributed by atoms with Gasteiger partial charge in [-0.05, 0) is 48.7 Å². The normalized spacial score (nSPS) is 10.7. The Hall–Kier alpha value is -3.67. The maximum Gasteiger partial charge on any atom is 0.341 e. The lowest BCUT2D eigenvalue weighted by Crippen LogP contribution is -2.12. The van der Waals surface area contributed by atoms with Gasteiger partial charge < -0.3 is 15.2 Å². The van der Waals surface area contributed by atoms with Crippen molar-refractivity contribution in [2.24, 2.45) is 0 Å². The molecule has 0 bridgehead atoms. The van der Waals surface area contributed by atoms with Crippen LogP contribution in [0, 0.1) is 0 Å². The minimum absolute atomic E-state index is 0.117. The first kappa shape index (κ1) is 21.0. The molecule has 0 unspecified atom stereocenters. The summed E-state index contributed by atoms with van der Waals surface area (Å²) in [7, 11) is 0. The number of esters is 1. The summed E-state index contributed by atoms with van der Waals surface area (Å²) in [4.78, 5) is 29.9. The number of phenolic OH excluding ortho intramolecular Hbond substituents is 1. The highest BCUT2D eigenvalue weighted by molar-refractivity contribution is 6.12. The lowest BCUT2D eigenvalue weighted by atomic mass is 9.96. The van der Waals surface area contributed by atoms with E-state index in [-0.39, 0.29) is 40.8 Å². The summed E-state index contributed by atoms with van der Waals surface area (Å²) < 4.78 is 5.14. The van der Waals surface area contributed by atoms with Gasteiger partial charge >= 0.3 is 5.97 Å². The molecule has 2 N–H and O–H groups in total. The van der Waals surface area contributed by atoms with Crippen molar-refractivity contribution in [1.82, 2.24) is 4.98 Å². The number of aromatic nitrogens is 1. The van der Waals surface area contributed by atoms with Gasteiger partial charge in [0, 0.05) is 17.4 Å². The van der Waals surface area contributed by atoms with Crippen molar-refractivity contribution in [1.29, 1.82) is 0 Å². The molecule has 154 valence electrons. The third kappa shape index (κ3) is 4.66. The van der Waals surface area contributed by atoms with Crippen molar-refractivity contribution in [3.63, 3.8) is 0 Å². The van der Waals surface area contributed by atoms with E-state index in [1.165, 1.54) is 18.3 Å². The number of hydrogen-bond donors (Lipinski definition) is 2. The van der Waals surface area contributed by atoms with Gasteiger partial charge in [-0.15, -0.1) is 0 Å². The van der Waals surface area contributed by atoms with Crippen LogP contribution in [0.4, 0.5) is 11.5 Å². The smallest absolute Gasteiger partial charge is 0.341 e. The van der Waals surface area contributed by atoms with E-state index in [0.717, 1.165) is 11.3 Å². The maximum atomic E-state index is 13.1. The number of pyridine rings is 1. The molecule has 3 aromatic rings. The molecule has 0 spiro atoms. The van der Waals surface area contributed by atoms with Crippen LogP contribution in [-0.4, -0.2) is 28.4 Å². The number of para-hydroxylation sites is 1. The van der Waals surface area contributed by atoms with Crippen LogP contribution < -0.4 is 5.32 Å². The van der Waals surface area contributed by atoms with Crippen LogP contribution in [0.5, 0.6) is 5.75 Å². The highest BCUT2D eigenvalue weighted by atomic mass is 16.5. The number of nitrogens with one attached hydrogen (secondary N) is 1.